The van der Waals surface area contributed by atoms with Crippen molar-refractivity contribution in [3.05, 3.63) is 59.7 Å². The molecule has 0 aliphatic carbocycles. The molecule has 2 aromatic carbocycles. The molecule has 0 radical (unpaired) electrons. The Labute approximate surface area is 142 Å². The molecule has 3 rings (SSSR count). The zero-order valence-electron chi connectivity index (χ0n) is 14.0. The van der Waals surface area contributed by atoms with Gasteiger partial charge in [-0.25, -0.2) is 0 Å². The van der Waals surface area contributed by atoms with Gasteiger partial charge in [0, 0.05) is 5.41 Å². The number of epoxide rings is 1. The molecule has 0 saturated carbocycles. The van der Waals surface area contributed by atoms with E-state index >= 15 is 0 Å². The summed E-state index contributed by atoms with van der Waals surface area (Å²) >= 11 is 0. The number of rotatable bonds is 8. The predicted molar refractivity (Wildman–Crippen MR) is 91.8 cm³/mol. The van der Waals surface area contributed by atoms with Crippen molar-refractivity contribution in [1.82, 2.24) is 0 Å². The van der Waals surface area contributed by atoms with Crippen molar-refractivity contribution >= 4 is 6.29 Å². The number of carbonyl (C=O) groups is 1. The van der Waals surface area contributed by atoms with Crippen molar-refractivity contribution in [2.75, 3.05) is 19.8 Å². The van der Waals surface area contributed by atoms with E-state index in [4.69, 9.17) is 14.2 Å². The van der Waals surface area contributed by atoms with E-state index in [0.717, 1.165) is 18.6 Å². The standard InChI is InChI=1S/C20H22O4/c1-20(2,15-3-7-17(8-4-15)22-12-11-21)16-5-9-18(10-6-16)23-13-19-14-24-19/h3-11,19H,12-14H2,1-2H3. The minimum Gasteiger partial charge on any atom is -0.491 e. The number of aldehydes is 1. The second kappa shape index (κ2) is 7.05. The lowest BCUT2D eigenvalue weighted by Crippen LogP contribution is -2.18. The van der Waals surface area contributed by atoms with Gasteiger partial charge >= 0.3 is 0 Å². The number of hydrogen-bond acceptors (Lipinski definition) is 4. The van der Waals surface area contributed by atoms with Gasteiger partial charge in [0.15, 0.2) is 6.29 Å². The molecule has 0 N–H and O–H groups in total. The van der Waals surface area contributed by atoms with Gasteiger partial charge in [0.1, 0.15) is 30.8 Å². The Morgan fingerprint density at radius 2 is 1.50 bits per heavy atom. The maximum Gasteiger partial charge on any atom is 0.157 e. The molecule has 1 saturated heterocycles. The summed E-state index contributed by atoms with van der Waals surface area (Å²) in [6, 6.07) is 16.1. The third-order valence-electron chi connectivity index (χ3n) is 4.31. The van der Waals surface area contributed by atoms with Gasteiger partial charge in [-0.3, -0.25) is 4.79 Å². The van der Waals surface area contributed by atoms with Crippen molar-refractivity contribution in [2.45, 2.75) is 25.4 Å². The van der Waals surface area contributed by atoms with E-state index < -0.39 is 0 Å². The first-order chi connectivity index (χ1) is 11.6. The summed E-state index contributed by atoms with van der Waals surface area (Å²) in [6.45, 7) is 5.86. The molecule has 0 amide bonds. The summed E-state index contributed by atoms with van der Waals surface area (Å²) in [5.74, 6) is 1.57. The third kappa shape index (κ3) is 3.95. The summed E-state index contributed by atoms with van der Waals surface area (Å²) in [5, 5.41) is 0. The molecule has 24 heavy (non-hydrogen) atoms. The van der Waals surface area contributed by atoms with E-state index in [2.05, 4.69) is 26.0 Å². The van der Waals surface area contributed by atoms with Crippen LogP contribution >= 0.6 is 0 Å². The molecular formula is C20H22O4. The Morgan fingerprint density at radius 3 is 1.96 bits per heavy atom. The van der Waals surface area contributed by atoms with Crippen LogP contribution in [0.5, 0.6) is 11.5 Å². The van der Waals surface area contributed by atoms with E-state index in [1.807, 2.05) is 36.4 Å². The lowest BCUT2D eigenvalue weighted by atomic mass is 9.78. The smallest absolute Gasteiger partial charge is 0.157 e. The predicted octanol–water partition coefficient (Wildman–Crippen LogP) is 3.37. The molecule has 1 fully saturated rings. The fourth-order valence-corrected chi connectivity index (χ4v) is 2.59. The highest BCUT2D eigenvalue weighted by Crippen LogP contribution is 2.33. The van der Waals surface area contributed by atoms with E-state index in [9.17, 15) is 4.79 Å². The molecule has 0 bridgehead atoms. The van der Waals surface area contributed by atoms with Gasteiger partial charge < -0.3 is 14.2 Å². The monoisotopic (exact) mass is 326 g/mol. The van der Waals surface area contributed by atoms with Gasteiger partial charge in [-0.05, 0) is 35.4 Å². The molecule has 2 aromatic rings. The molecular weight excluding hydrogens is 304 g/mol. The highest BCUT2D eigenvalue weighted by Gasteiger charge is 2.24. The summed E-state index contributed by atoms with van der Waals surface area (Å²) < 4.78 is 16.1. The quantitative estimate of drug-likeness (QED) is 0.551. The Balaban J connectivity index is 1.69. The van der Waals surface area contributed by atoms with Crippen molar-refractivity contribution < 1.29 is 19.0 Å². The average molecular weight is 326 g/mol. The molecule has 1 aliphatic rings. The van der Waals surface area contributed by atoms with Crippen molar-refractivity contribution in [3.63, 3.8) is 0 Å². The molecule has 1 unspecified atom stereocenters. The normalized spacial score (nSPS) is 16.5. The van der Waals surface area contributed by atoms with Crippen LogP contribution in [0.25, 0.3) is 0 Å². The fraction of sp³-hybridized carbons (Fsp3) is 0.350. The van der Waals surface area contributed by atoms with Crippen molar-refractivity contribution in [1.29, 1.82) is 0 Å². The van der Waals surface area contributed by atoms with Crippen LogP contribution in [0.2, 0.25) is 0 Å². The Hall–Kier alpha value is -2.33. The largest absolute Gasteiger partial charge is 0.491 e. The summed E-state index contributed by atoms with van der Waals surface area (Å²) in [6.07, 6.45) is 1.01. The second-order valence-corrected chi connectivity index (χ2v) is 6.42. The fourth-order valence-electron chi connectivity index (χ4n) is 2.59. The topological polar surface area (TPSA) is 48.1 Å². The van der Waals surface area contributed by atoms with Crippen LogP contribution in [-0.4, -0.2) is 32.2 Å². The zero-order valence-corrected chi connectivity index (χ0v) is 14.0. The van der Waals surface area contributed by atoms with Crippen LogP contribution in [0.4, 0.5) is 0 Å². The Kier molecular flexibility index (Phi) is 4.86. The van der Waals surface area contributed by atoms with Gasteiger partial charge in [0.05, 0.1) is 6.61 Å². The number of carbonyl (C=O) groups excluding carboxylic acids is 1. The van der Waals surface area contributed by atoms with Crippen LogP contribution in [0.15, 0.2) is 48.5 Å². The van der Waals surface area contributed by atoms with Crippen LogP contribution in [-0.2, 0) is 14.9 Å². The summed E-state index contributed by atoms with van der Waals surface area (Å²) in [4.78, 5) is 10.4. The Bertz CT molecular complexity index is 670. The minimum absolute atomic E-state index is 0.0795. The summed E-state index contributed by atoms with van der Waals surface area (Å²) in [7, 11) is 0. The van der Waals surface area contributed by atoms with E-state index in [-0.39, 0.29) is 18.1 Å². The molecule has 1 heterocycles. The highest BCUT2D eigenvalue weighted by molar-refractivity contribution is 5.51. The second-order valence-electron chi connectivity index (χ2n) is 6.42. The molecule has 126 valence electrons. The van der Waals surface area contributed by atoms with E-state index in [1.54, 1.807) is 0 Å². The van der Waals surface area contributed by atoms with Gasteiger partial charge in [0.25, 0.3) is 0 Å². The van der Waals surface area contributed by atoms with Crippen LogP contribution in [0.3, 0.4) is 0 Å². The van der Waals surface area contributed by atoms with E-state index in [0.29, 0.717) is 12.4 Å². The maximum absolute atomic E-state index is 10.4. The molecule has 0 aromatic heterocycles. The number of benzene rings is 2. The van der Waals surface area contributed by atoms with Gasteiger partial charge in [-0.2, -0.15) is 0 Å². The molecule has 1 atom stereocenters. The lowest BCUT2D eigenvalue weighted by Gasteiger charge is -2.26. The van der Waals surface area contributed by atoms with Crippen LogP contribution in [0.1, 0.15) is 25.0 Å². The molecule has 4 heteroatoms. The Morgan fingerprint density at radius 1 is 1.00 bits per heavy atom. The molecule has 4 nitrogen and oxygen atoms in total. The van der Waals surface area contributed by atoms with Crippen molar-refractivity contribution in [2.24, 2.45) is 0 Å². The van der Waals surface area contributed by atoms with Gasteiger partial charge in [0.2, 0.25) is 0 Å². The van der Waals surface area contributed by atoms with E-state index in [1.165, 1.54) is 11.1 Å². The van der Waals surface area contributed by atoms with Crippen molar-refractivity contribution in [3.8, 4) is 11.5 Å². The first kappa shape index (κ1) is 16.5. The van der Waals surface area contributed by atoms with Crippen LogP contribution in [0, 0.1) is 0 Å². The SMILES string of the molecule is CC(C)(c1ccc(OCC=O)cc1)c1ccc(OCC2CO2)cc1. The summed E-state index contributed by atoms with van der Waals surface area (Å²) in [5.41, 5.74) is 2.25. The molecule has 0 spiro atoms. The number of hydrogen-bond donors (Lipinski definition) is 0. The molecule has 1 aliphatic heterocycles. The minimum atomic E-state index is -0.138. The zero-order chi connectivity index (χ0) is 17.0. The average Bonchev–Trinajstić information content (AvgIpc) is 3.43. The third-order valence-corrected chi connectivity index (χ3v) is 4.31. The van der Waals surface area contributed by atoms with Gasteiger partial charge in [-0.15, -0.1) is 0 Å². The first-order valence-electron chi connectivity index (χ1n) is 8.11. The van der Waals surface area contributed by atoms with Gasteiger partial charge in [-0.1, -0.05) is 38.1 Å². The number of ether oxygens (including phenoxy) is 3. The lowest BCUT2D eigenvalue weighted by molar-refractivity contribution is -0.109. The first-order valence-corrected chi connectivity index (χ1v) is 8.11. The van der Waals surface area contributed by atoms with Crippen LogP contribution < -0.4 is 9.47 Å². The maximum atomic E-state index is 10.4. The highest BCUT2D eigenvalue weighted by atomic mass is 16.6.